The van der Waals surface area contributed by atoms with E-state index < -0.39 is 0 Å². The van der Waals surface area contributed by atoms with Gasteiger partial charge in [0.25, 0.3) is 0 Å². The molecule has 3 heteroatoms. The summed E-state index contributed by atoms with van der Waals surface area (Å²) >= 11 is 6.38. The number of nitrogens with zero attached hydrogens (tertiary/aromatic N) is 2. The Morgan fingerprint density at radius 1 is 0.419 bits per heavy atom. The number of hydrogen-bond donors (Lipinski definition) is 0. The molecule has 0 amide bonds. The topological polar surface area (TPSA) is 25.8 Å². The van der Waals surface area contributed by atoms with E-state index in [1.165, 1.54) is 11.1 Å². The minimum Gasteiger partial charge on any atom is -0.228 e. The highest BCUT2D eigenvalue weighted by Crippen LogP contribution is 2.29. The lowest BCUT2D eigenvalue weighted by molar-refractivity contribution is 1.18. The molecule has 0 atom stereocenters. The highest BCUT2D eigenvalue weighted by atomic mass is 35.5. The Labute approximate surface area is 186 Å². The van der Waals surface area contributed by atoms with Crippen LogP contribution in [-0.4, -0.2) is 9.97 Å². The predicted molar refractivity (Wildman–Crippen MR) is 129 cm³/mol. The first-order valence-corrected chi connectivity index (χ1v) is 10.5. The van der Waals surface area contributed by atoms with Crippen molar-refractivity contribution in [1.82, 2.24) is 9.97 Å². The van der Waals surface area contributed by atoms with E-state index in [0.717, 1.165) is 27.9 Å². The minimum absolute atomic E-state index is 0.428. The van der Waals surface area contributed by atoms with Gasteiger partial charge in [0, 0.05) is 17.2 Å². The fourth-order valence-corrected chi connectivity index (χ4v) is 3.81. The highest BCUT2D eigenvalue weighted by molar-refractivity contribution is 6.29. The second kappa shape index (κ2) is 8.55. The van der Waals surface area contributed by atoms with Gasteiger partial charge in [-0.1, -0.05) is 115 Å². The van der Waals surface area contributed by atoms with Crippen molar-refractivity contribution in [2.75, 3.05) is 0 Å². The predicted octanol–water partition coefficient (Wildman–Crippen LogP) is 7.80. The lowest BCUT2D eigenvalue weighted by atomic mass is 10.0. The van der Waals surface area contributed by atoms with Crippen LogP contribution in [0.4, 0.5) is 0 Å². The molecule has 1 aromatic heterocycles. The summed E-state index contributed by atoms with van der Waals surface area (Å²) in [4.78, 5) is 9.28. The Balaban J connectivity index is 1.50. The molecule has 0 unspecified atom stereocenters. The number of halogens is 1. The molecule has 0 radical (unpaired) electrons. The molecule has 5 aromatic rings. The molecule has 0 bridgehead atoms. The highest BCUT2D eigenvalue weighted by Gasteiger charge is 2.09. The molecule has 0 aliphatic heterocycles. The SMILES string of the molecule is Clc1cc(-c2cccc(-c3ccccc3)c2)nc(-c2ccc(-c3ccccc3)cc2)n1. The van der Waals surface area contributed by atoms with Gasteiger partial charge in [-0.2, -0.15) is 0 Å². The molecule has 0 fully saturated rings. The molecule has 1 heterocycles. The first kappa shape index (κ1) is 19.2. The van der Waals surface area contributed by atoms with Crippen molar-refractivity contribution >= 4 is 11.6 Å². The molecule has 0 aliphatic rings. The van der Waals surface area contributed by atoms with Gasteiger partial charge in [0.15, 0.2) is 5.82 Å². The van der Waals surface area contributed by atoms with Crippen LogP contribution < -0.4 is 0 Å². The van der Waals surface area contributed by atoms with Crippen molar-refractivity contribution in [3.63, 3.8) is 0 Å². The van der Waals surface area contributed by atoms with E-state index in [1.807, 2.05) is 66.7 Å². The summed E-state index contributed by atoms with van der Waals surface area (Å²) in [6.45, 7) is 0. The zero-order chi connectivity index (χ0) is 21.0. The van der Waals surface area contributed by atoms with Crippen molar-refractivity contribution in [2.24, 2.45) is 0 Å². The summed E-state index contributed by atoms with van der Waals surface area (Å²) in [5.41, 5.74) is 7.39. The standard InChI is InChI=1S/C28H19ClN2/c29-27-19-26(25-13-7-12-24(18-25)21-10-5-2-6-11-21)30-28(31-27)23-16-14-22(15-17-23)20-8-3-1-4-9-20/h1-19H. The van der Waals surface area contributed by atoms with Crippen LogP contribution in [0.2, 0.25) is 5.15 Å². The average molecular weight is 419 g/mol. The summed E-state index contributed by atoms with van der Waals surface area (Å²) in [5.74, 6) is 0.618. The Kier molecular flexibility index (Phi) is 5.30. The van der Waals surface area contributed by atoms with E-state index >= 15 is 0 Å². The maximum Gasteiger partial charge on any atom is 0.161 e. The van der Waals surface area contributed by atoms with E-state index in [2.05, 4.69) is 53.5 Å². The summed E-state index contributed by atoms with van der Waals surface area (Å²) in [7, 11) is 0. The Morgan fingerprint density at radius 3 is 1.61 bits per heavy atom. The largest absolute Gasteiger partial charge is 0.228 e. The minimum atomic E-state index is 0.428. The third-order valence-corrected chi connectivity index (χ3v) is 5.40. The molecule has 0 saturated carbocycles. The third kappa shape index (κ3) is 4.25. The van der Waals surface area contributed by atoms with Crippen LogP contribution in [0.15, 0.2) is 115 Å². The molecular formula is C28H19ClN2. The number of aromatic nitrogens is 2. The van der Waals surface area contributed by atoms with E-state index in [4.69, 9.17) is 16.6 Å². The fraction of sp³-hybridized carbons (Fsp3) is 0. The average Bonchev–Trinajstić information content (AvgIpc) is 2.85. The molecule has 148 valence electrons. The first-order valence-electron chi connectivity index (χ1n) is 10.1. The van der Waals surface area contributed by atoms with Crippen LogP contribution in [0, 0.1) is 0 Å². The van der Waals surface area contributed by atoms with Crippen LogP contribution in [0.25, 0.3) is 44.9 Å². The molecule has 0 N–H and O–H groups in total. The maximum absolute atomic E-state index is 6.38. The van der Waals surface area contributed by atoms with Gasteiger partial charge in [0.2, 0.25) is 0 Å². The monoisotopic (exact) mass is 418 g/mol. The van der Waals surface area contributed by atoms with Crippen molar-refractivity contribution < 1.29 is 0 Å². The summed E-state index contributed by atoms with van der Waals surface area (Å²) in [6.07, 6.45) is 0. The van der Waals surface area contributed by atoms with Gasteiger partial charge in [0.1, 0.15) is 5.15 Å². The third-order valence-electron chi connectivity index (χ3n) is 5.21. The Morgan fingerprint density at radius 2 is 0.935 bits per heavy atom. The summed E-state index contributed by atoms with van der Waals surface area (Å²) < 4.78 is 0. The lowest BCUT2D eigenvalue weighted by Gasteiger charge is -2.09. The molecule has 5 rings (SSSR count). The van der Waals surface area contributed by atoms with Crippen molar-refractivity contribution in [3.8, 4) is 44.9 Å². The zero-order valence-electron chi connectivity index (χ0n) is 16.7. The molecule has 2 nitrogen and oxygen atoms in total. The smallest absolute Gasteiger partial charge is 0.161 e. The van der Waals surface area contributed by atoms with Crippen LogP contribution in [0.3, 0.4) is 0 Å². The van der Waals surface area contributed by atoms with E-state index in [-0.39, 0.29) is 0 Å². The fourth-order valence-electron chi connectivity index (χ4n) is 3.63. The van der Waals surface area contributed by atoms with Gasteiger partial charge >= 0.3 is 0 Å². The lowest BCUT2D eigenvalue weighted by Crippen LogP contribution is -1.93. The zero-order valence-corrected chi connectivity index (χ0v) is 17.5. The van der Waals surface area contributed by atoms with Crippen LogP contribution in [0.5, 0.6) is 0 Å². The normalized spacial score (nSPS) is 10.7. The molecule has 0 spiro atoms. The van der Waals surface area contributed by atoms with Gasteiger partial charge in [-0.15, -0.1) is 0 Å². The molecule has 4 aromatic carbocycles. The number of rotatable bonds is 4. The van der Waals surface area contributed by atoms with Gasteiger partial charge in [-0.05, 0) is 28.3 Å². The molecule has 0 aliphatic carbocycles. The van der Waals surface area contributed by atoms with Crippen molar-refractivity contribution in [1.29, 1.82) is 0 Å². The van der Waals surface area contributed by atoms with E-state index in [0.29, 0.717) is 11.0 Å². The second-order valence-electron chi connectivity index (χ2n) is 7.29. The second-order valence-corrected chi connectivity index (χ2v) is 7.68. The summed E-state index contributed by atoms with van der Waals surface area (Å²) in [5, 5.41) is 0.428. The number of hydrogen-bond acceptors (Lipinski definition) is 2. The Hall–Kier alpha value is -3.75. The first-order chi connectivity index (χ1) is 15.3. The number of benzene rings is 4. The van der Waals surface area contributed by atoms with Crippen LogP contribution in [-0.2, 0) is 0 Å². The van der Waals surface area contributed by atoms with Gasteiger partial charge in [-0.25, -0.2) is 9.97 Å². The van der Waals surface area contributed by atoms with E-state index in [1.54, 1.807) is 0 Å². The van der Waals surface area contributed by atoms with Crippen LogP contribution >= 0.6 is 11.6 Å². The van der Waals surface area contributed by atoms with Gasteiger partial charge in [0.05, 0.1) is 5.69 Å². The van der Waals surface area contributed by atoms with Gasteiger partial charge < -0.3 is 0 Å². The van der Waals surface area contributed by atoms with E-state index in [9.17, 15) is 0 Å². The summed E-state index contributed by atoms with van der Waals surface area (Å²) in [6, 6.07) is 39.0. The van der Waals surface area contributed by atoms with Gasteiger partial charge in [-0.3, -0.25) is 0 Å². The van der Waals surface area contributed by atoms with Crippen LogP contribution in [0.1, 0.15) is 0 Å². The molecule has 31 heavy (non-hydrogen) atoms. The maximum atomic E-state index is 6.38. The quantitative estimate of drug-likeness (QED) is 0.278. The van der Waals surface area contributed by atoms with Crippen molar-refractivity contribution in [3.05, 3.63) is 120 Å². The Bertz CT molecular complexity index is 1310. The molecular weight excluding hydrogens is 400 g/mol. The molecule has 0 saturated heterocycles. The van der Waals surface area contributed by atoms with Crippen molar-refractivity contribution in [2.45, 2.75) is 0 Å².